The second-order valence-electron chi connectivity index (χ2n) is 8.58. The Balaban J connectivity index is 2.30. The van der Waals surface area contributed by atoms with Gasteiger partial charge in [0.1, 0.15) is 0 Å². The van der Waals surface area contributed by atoms with Crippen molar-refractivity contribution in [2.75, 3.05) is 0 Å². The maximum absolute atomic E-state index is 11.3. The third-order valence-electron chi connectivity index (χ3n) is 5.85. The Labute approximate surface area is 127 Å². The number of halogens is 1. The fourth-order valence-electron chi connectivity index (χ4n) is 5.46. The van der Waals surface area contributed by atoms with Gasteiger partial charge in [-0.3, -0.25) is 0 Å². The summed E-state index contributed by atoms with van der Waals surface area (Å²) in [7, 11) is 0. The lowest BCUT2D eigenvalue weighted by atomic mass is 9.44. The van der Waals surface area contributed by atoms with E-state index in [1.807, 2.05) is 19.1 Å². The second kappa shape index (κ2) is 3.81. The van der Waals surface area contributed by atoms with Crippen LogP contribution in [0.4, 0.5) is 0 Å². The van der Waals surface area contributed by atoms with E-state index in [9.17, 15) is 5.11 Å². The van der Waals surface area contributed by atoms with Crippen LogP contribution in [0.15, 0.2) is 18.2 Å². The van der Waals surface area contributed by atoms with Gasteiger partial charge in [0.15, 0.2) is 0 Å². The molecule has 0 aromatic heterocycles. The van der Waals surface area contributed by atoms with E-state index >= 15 is 0 Å². The Kier molecular flexibility index (Phi) is 2.74. The molecule has 0 aliphatic heterocycles. The minimum absolute atomic E-state index is 0.0790. The lowest BCUT2D eigenvalue weighted by Gasteiger charge is -2.61. The van der Waals surface area contributed by atoms with Gasteiger partial charge in [0, 0.05) is 10.4 Å². The first-order valence-corrected chi connectivity index (χ1v) is 7.90. The van der Waals surface area contributed by atoms with Gasteiger partial charge in [0.05, 0.1) is 5.60 Å². The molecule has 1 nitrogen and oxygen atoms in total. The molecule has 20 heavy (non-hydrogen) atoms. The van der Waals surface area contributed by atoms with E-state index in [0.717, 1.165) is 29.8 Å². The minimum Gasteiger partial charge on any atom is -0.385 e. The van der Waals surface area contributed by atoms with Gasteiger partial charge in [-0.15, -0.1) is 0 Å². The van der Waals surface area contributed by atoms with E-state index in [4.69, 9.17) is 11.6 Å². The Morgan fingerprint density at radius 3 is 2.25 bits per heavy atom. The highest BCUT2D eigenvalue weighted by molar-refractivity contribution is 6.30. The van der Waals surface area contributed by atoms with Gasteiger partial charge in [0.25, 0.3) is 0 Å². The molecule has 0 amide bonds. The van der Waals surface area contributed by atoms with Gasteiger partial charge in [0.2, 0.25) is 0 Å². The van der Waals surface area contributed by atoms with Crippen LogP contribution in [0.2, 0.25) is 5.02 Å². The number of hydrogen-bond donors (Lipinski definition) is 1. The van der Waals surface area contributed by atoms with Crippen LogP contribution in [0.1, 0.15) is 65.0 Å². The van der Waals surface area contributed by atoms with Gasteiger partial charge >= 0.3 is 0 Å². The first-order chi connectivity index (χ1) is 8.99. The topological polar surface area (TPSA) is 20.2 Å². The molecule has 0 heterocycles. The van der Waals surface area contributed by atoms with Crippen LogP contribution in [0.5, 0.6) is 0 Å². The molecule has 0 saturated heterocycles. The Bertz CT molecular complexity index is 575. The third-order valence-corrected chi connectivity index (χ3v) is 6.08. The molecule has 1 aromatic carbocycles. The summed E-state index contributed by atoms with van der Waals surface area (Å²) >= 11 is 6.23. The molecule has 1 N–H and O–H groups in total. The molecule has 1 aromatic rings. The number of benzene rings is 1. The monoisotopic (exact) mass is 292 g/mol. The van der Waals surface area contributed by atoms with Crippen LogP contribution in [-0.2, 0) is 11.0 Å². The Hall–Kier alpha value is -0.530. The van der Waals surface area contributed by atoms with Gasteiger partial charge in [-0.25, -0.2) is 0 Å². The summed E-state index contributed by atoms with van der Waals surface area (Å²) in [4.78, 5) is 0. The molecule has 3 rings (SSSR count). The summed E-state index contributed by atoms with van der Waals surface area (Å²) in [6.45, 7) is 11.2. The quantitative estimate of drug-likeness (QED) is 0.710. The number of hydrogen-bond acceptors (Lipinski definition) is 1. The van der Waals surface area contributed by atoms with Crippen molar-refractivity contribution in [3.8, 4) is 0 Å². The van der Waals surface area contributed by atoms with E-state index in [0.29, 0.717) is 0 Å². The third kappa shape index (κ3) is 1.79. The molecular weight excluding hydrogens is 268 g/mol. The average Bonchev–Trinajstić information content (AvgIpc) is 2.23. The van der Waals surface area contributed by atoms with Crippen LogP contribution >= 0.6 is 11.6 Å². The van der Waals surface area contributed by atoms with E-state index in [-0.39, 0.29) is 16.2 Å². The molecule has 2 aliphatic rings. The number of rotatable bonds is 0. The summed E-state index contributed by atoms with van der Waals surface area (Å²) in [5.41, 5.74) is 1.81. The standard InChI is InChI=1S/C18H25ClO/c1-15(2)9-16(3)11-17(4,10-15)18(5,20)13-7-6-12(19)8-14(13)16/h6-8,20H,9-11H2,1-5H3. The predicted molar refractivity (Wildman–Crippen MR) is 84.1 cm³/mol. The van der Waals surface area contributed by atoms with Gasteiger partial charge in [-0.1, -0.05) is 45.4 Å². The average molecular weight is 293 g/mol. The van der Waals surface area contributed by atoms with Crippen molar-refractivity contribution < 1.29 is 5.11 Å². The second-order valence-corrected chi connectivity index (χ2v) is 9.01. The highest BCUT2D eigenvalue weighted by Gasteiger charge is 2.60. The van der Waals surface area contributed by atoms with Crippen molar-refractivity contribution in [1.29, 1.82) is 0 Å². The van der Waals surface area contributed by atoms with Gasteiger partial charge in [-0.05, 0) is 60.3 Å². The molecule has 1 saturated carbocycles. The number of fused-ring (bicyclic) bond motifs is 4. The number of aliphatic hydroxyl groups is 1. The largest absolute Gasteiger partial charge is 0.385 e. The Morgan fingerprint density at radius 2 is 1.60 bits per heavy atom. The summed E-state index contributed by atoms with van der Waals surface area (Å²) in [5.74, 6) is 0. The van der Waals surface area contributed by atoms with Gasteiger partial charge in [-0.2, -0.15) is 0 Å². The van der Waals surface area contributed by atoms with Crippen molar-refractivity contribution in [1.82, 2.24) is 0 Å². The van der Waals surface area contributed by atoms with Gasteiger partial charge < -0.3 is 5.11 Å². The summed E-state index contributed by atoms with van der Waals surface area (Å²) in [6.07, 6.45) is 3.24. The molecule has 0 radical (unpaired) electrons. The zero-order valence-corrected chi connectivity index (χ0v) is 13.9. The fourth-order valence-corrected chi connectivity index (χ4v) is 5.63. The molecule has 2 bridgehead atoms. The molecule has 3 unspecified atom stereocenters. The van der Waals surface area contributed by atoms with Crippen LogP contribution < -0.4 is 0 Å². The molecule has 3 atom stereocenters. The van der Waals surface area contributed by atoms with Crippen molar-refractivity contribution in [3.63, 3.8) is 0 Å². The normalized spacial score (nSPS) is 42.1. The molecule has 2 aliphatic carbocycles. The Morgan fingerprint density at radius 1 is 0.950 bits per heavy atom. The van der Waals surface area contributed by atoms with Crippen LogP contribution in [0, 0.1) is 10.8 Å². The van der Waals surface area contributed by atoms with Crippen molar-refractivity contribution in [2.24, 2.45) is 10.8 Å². The van der Waals surface area contributed by atoms with Crippen LogP contribution in [0.25, 0.3) is 0 Å². The zero-order valence-electron chi connectivity index (χ0n) is 13.2. The molecule has 0 spiro atoms. The van der Waals surface area contributed by atoms with Crippen molar-refractivity contribution in [3.05, 3.63) is 34.3 Å². The lowest BCUT2D eigenvalue weighted by Crippen LogP contribution is -2.57. The summed E-state index contributed by atoms with van der Waals surface area (Å²) in [5, 5.41) is 12.1. The first kappa shape index (κ1) is 14.4. The molecular formula is C18H25ClO. The van der Waals surface area contributed by atoms with E-state index < -0.39 is 5.60 Å². The summed E-state index contributed by atoms with van der Waals surface area (Å²) < 4.78 is 0. The predicted octanol–water partition coefficient (Wildman–Crippen LogP) is 5.04. The van der Waals surface area contributed by atoms with Crippen molar-refractivity contribution in [2.45, 2.75) is 64.9 Å². The van der Waals surface area contributed by atoms with Crippen molar-refractivity contribution >= 4 is 11.6 Å². The van der Waals surface area contributed by atoms with E-state index in [1.165, 1.54) is 5.56 Å². The zero-order chi connectivity index (χ0) is 15.0. The highest BCUT2D eigenvalue weighted by atomic mass is 35.5. The summed E-state index contributed by atoms with van der Waals surface area (Å²) in [6, 6.07) is 6.02. The highest BCUT2D eigenvalue weighted by Crippen LogP contribution is 2.65. The minimum atomic E-state index is -0.788. The first-order valence-electron chi connectivity index (χ1n) is 7.52. The SMILES string of the molecule is CC1(C)CC2(C)CC(C)(C1)C(C)(O)c1ccc(Cl)cc12. The fraction of sp³-hybridized carbons (Fsp3) is 0.667. The maximum Gasteiger partial charge on any atom is 0.0925 e. The van der Waals surface area contributed by atoms with E-state index in [1.54, 1.807) is 0 Å². The van der Waals surface area contributed by atoms with Crippen LogP contribution in [0.3, 0.4) is 0 Å². The van der Waals surface area contributed by atoms with Crippen LogP contribution in [-0.4, -0.2) is 5.11 Å². The maximum atomic E-state index is 11.3. The molecule has 1 fully saturated rings. The molecule has 110 valence electrons. The smallest absolute Gasteiger partial charge is 0.0925 e. The van der Waals surface area contributed by atoms with E-state index in [2.05, 4.69) is 33.8 Å². The molecule has 2 heteroatoms. The lowest BCUT2D eigenvalue weighted by molar-refractivity contribution is -0.140.